The molecule has 110 valence electrons. The summed E-state index contributed by atoms with van der Waals surface area (Å²) in [5, 5.41) is 2.60. The first-order chi connectivity index (χ1) is 10.2. The summed E-state index contributed by atoms with van der Waals surface area (Å²) in [6.45, 7) is 3.47. The number of nitrogens with zero attached hydrogens (tertiary/aromatic N) is 1. The zero-order chi connectivity index (χ0) is 15.1. The van der Waals surface area contributed by atoms with Crippen molar-refractivity contribution in [3.05, 3.63) is 29.8 Å². The summed E-state index contributed by atoms with van der Waals surface area (Å²) in [5.41, 5.74) is 1.00. The summed E-state index contributed by atoms with van der Waals surface area (Å²) in [6.07, 6.45) is 0.263. The quantitative estimate of drug-likeness (QED) is 0.841. The minimum Gasteiger partial charge on any atom is -0.491 e. The molecule has 5 nitrogen and oxygen atoms in total. The summed E-state index contributed by atoms with van der Waals surface area (Å²) in [6, 6.07) is 7.72. The van der Waals surface area contributed by atoms with Crippen LogP contribution in [0.25, 0.3) is 0 Å². The van der Waals surface area contributed by atoms with Crippen LogP contribution in [-0.2, 0) is 16.1 Å². The van der Waals surface area contributed by atoms with E-state index in [2.05, 4.69) is 17.2 Å². The smallest absolute Gasteiger partial charge is 0.295 e. The van der Waals surface area contributed by atoms with E-state index in [1.54, 1.807) is 11.8 Å². The van der Waals surface area contributed by atoms with Crippen LogP contribution in [0.2, 0.25) is 0 Å². The number of carbonyl (C=O) groups excluding carboxylic acids is 2. The van der Waals surface area contributed by atoms with Crippen LogP contribution in [0.5, 0.6) is 5.75 Å². The van der Waals surface area contributed by atoms with Crippen molar-refractivity contribution in [3.8, 4) is 17.6 Å². The fraction of sp³-hybridized carbons (Fsp3) is 0.375. The summed E-state index contributed by atoms with van der Waals surface area (Å²) < 4.78 is 5.62. The number of amides is 2. The number of nitrogens with one attached hydrogen (secondary N) is 1. The minimum atomic E-state index is -0.352. The van der Waals surface area contributed by atoms with Crippen LogP contribution in [0.1, 0.15) is 18.9 Å². The van der Waals surface area contributed by atoms with E-state index < -0.39 is 0 Å². The monoisotopic (exact) mass is 286 g/mol. The van der Waals surface area contributed by atoms with E-state index in [0.29, 0.717) is 26.2 Å². The van der Waals surface area contributed by atoms with Crippen LogP contribution in [0.3, 0.4) is 0 Å². The van der Waals surface area contributed by atoms with Crippen LogP contribution < -0.4 is 10.1 Å². The Morgan fingerprint density at radius 3 is 3.00 bits per heavy atom. The maximum Gasteiger partial charge on any atom is 0.295 e. The van der Waals surface area contributed by atoms with Gasteiger partial charge in [0, 0.05) is 25.1 Å². The molecule has 0 aromatic heterocycles. The highest BCUT2D eigenvalue weighted by Crippen LogP contribution is 2.22. The van der Waals surface area contributed by atoms with Crippen molar-refractivity contribution < 1.29 is 14.3 Å². The third-order valence-electron chi connectivity index (χ3n) is 3.17. The van der Waals surface area contributed by atoms with E-state index >= 15 is 0 Å². The van der Waals surface area contributed by atoms with Crippen LogP contribution in [0.15, 0.2) is 24.3 Å². The molecular formula is C16H18N2O3. The molecule has 1 N–H and O–H groups in total. The molecule has 0 spiro atoms. The third-order valence-corrected chi connectivity index (χ3v) is 3.17. The lowest BCUT2D eigenvalue weighted by molar-refractivity contribution is -0.131. The van der Waals surface area contributed by atoms with Gasteiger partial charge in [-0.15, -0.1) is 0 Å². The van der Waals surface area contributed by atoms with Crippen molar-refractivity contribution in [2.45, 2.75) is 19.9 Å². The molecule has 5 heteroatoms. The molecular weight excluding hydrogens is 268 g/mol. The van der Waals surface area contributed by atoms with Gasteiger partial charge in [-0.3, -0.25) is 9.59 Å². The van der Waals surface area contributed by atoms with Crippen LogP contribution in [-0.4, -0.2) is 36.4 Å². The molecule has 0 aliphatic carbocycles. The number of benzene rings is 1. The van der Waals surface area contributed by atoms with Crippen LogP contribution in [0.4, 0.5) is 0 Å². The van der Waals surface area contributed by atoms with Gasteiger partial charge in [-0.2, -0.15) is 0 Å². The molecule has 0 unspecified atom stereocenters. The highest BCUT2D eigenvalue weighted by atomic mass is 16.5. The number of ether oxygens (including phenoxy) is 1. The topological polar surface area (TPSA) is 58.6 Å². The van der Waals surface area contributed by atoms with Gasteiger partial charge in [0.15, 0.2) is 0 Å². The van der Waals surface area contributed by atoms with Crippen molar-refractivity contribution >= 4 is 11.8 Å². The zero-order valence-corrected chi connectivity index (χ0v) is 12.0. The first-order valence-corrected chi connectivity index (χ1v) is 6.90. The second-order valence-electron chi connectivity index (χ2n) is 4.65. The Morgan fingerprint density at radius 2 is 2.19 bits per heavy atom. The average molecular weight is 286 g/mol. The Kier molecular flexibility index (Phi) is 5.22. The lowest BCUT2D eigenvalue weighted by Gasteiger charge is -2.19. The SMILES string of the molecule is CC#CC(=O)NCCC(=O)N1CCOc2ccccc2C1. The molecule has 0 saturated carbocycles. The molecule has 2 rings (SSSR count). The van der Waals surface area contributed by atoms with Crippen molar-refractivity contribution in [1.82, 2.24) is 10.2 Å². The molecule has 0 radical (unpaired) electrons. The molecule has 1 aromatic rings. The number of rotatable bonds is 3. The predicted molar refractivity (Wildman–Crippen MR) is 78.4 cm³/mol. The second-order valence-corrected chi connectivity index (χ2v) is 4.65. The molecule has 0 atom stereocenters. The zero-order valence-electron chi connectivity index (χ0n) is 12.0. The molecule has 2 amide bonds. The van der Waals surface area contributed by atoms with Crippen molar-refractivity contribution in [2.75, 3.05) is 19.7 Å². The third kappa shape index (κ3) is 4.25. The summed E-state index contributed by atoms with van der Waals surface area (Å²) in [4.78, 5) is 25.1. The van der Waals surface area contributed by atoms with Gasteiger partial charge >= 0.3 is 0 Å². The Hall–Kier alpha value is -2.48. The van der Waals surface area contributed by atoms with E-state index in [1.165, 1.54) is 0 Å². The number of hydrogen-bond donors (Lipinski definition) is 1. The maximum atomic E-state index is 12.2. The fourth-order valence-corrected chi connectivity index (χ4v) is 2.14. The Balaban J connectivity index is 1.88. The van der Waals surface area contributed by atoms with E-state index in [4.69, 9.17) is 4.74 Å². The Bertz CT molecular complexity index is 587. The fourth-order valence-electron chi connectivity index (χ4n) is 2.14. The summed E-state index contributed by atoms with van der Waals surface area (Å²) in [5.74, 6) is 5.37. The van der Waals surface area contributed by atoms with Gasteiger partial charge in [-0.05, 0) is 18.9 Å². The van der Waals surface area contributed by atoms with Gasteiger partial charge in [0.05, 0.1) is 6.54 Å². The molecule has 1 aromatic carbocycles. The van der Waals surface area contributed by atoms with Gasteiger partial charge in [0.2, 0.25) is 5.91 Å². The number of para-hydroxylation sites is 1. The lowest BCUT2D eigenvalue weighted by Crippen LogP contribution is -2.35. The van der Waals surface area contributed by atoms with E-state index in [-0.39, 0.29) is 18.2 Å². The Labute approximate surface area is 124 Å². The van der Waals surface area contributed by atoms with Crippen LogP contribution in [0, 0.1) is 11.8 Å². The molecule has 0 fully saturated rings. The summed E-state index contributed by atoms with van der Waals surface area (Å²) >= 11 is 0. The highest BCUT2D eigenvalue weighted by molar-refractivity contribution is 5.93. The van der Waals surface area contributed by atoms with Crippen molar-refractivity contribution in [3.63, 3.8) is 0 Å². The summed E-state index contributed by atoms with van der Waals surface area (Å²) in [7, 11) is 0. The highest BCUT2D eigenvalue weighted by Gasteiger charge is 2.19. The number of fused-ring (bicyclic) bond motifs is 1. The van der Waals surface area contributed by atoms with Gasteiger partial charge in [0.25, 0.3) is 5.91 Å². The normalized spacial score (nSPS) is 13.1. The minimum absolute atomic E-state index is 0.0000562. The molecule has 1 heterocycles. The number of hydrogen-bond acceptors (Lipinski definition) is 3. The van der Waals surface area contributed by atoms with Crippen molar-refractivity contribution in [2.24, 2.45) is 0 Å². The maximum absolute atomic E-state index is 12.2. The van der Waals surface area contributed by atoms with Gasteiger partial charge in [-0.25, -0.2) is 0 Å². The predicted octanol–water partition coefficient (Wildman–Crippen LogP) is 0.937. The van der Waals surface area contributed by atoms with Crippen molar-refractivity contribution in [1.29, 1.82) is 0 Å². The van der Waals surface area contributed by atoms with E-state index in [9.17, 15) is 9.59 Å². The Morgan fingerprint density at radius 1 is 1.38 bits per heavy atom. The molecule has 21 heavy (non-hydrogen) atoms. The molecule has 1 aliphatic rings. The van der Waals surface area contributed by atoms with E-state index in [1.807, 2.05) is 24.3 Å². The second kappa shape index (κ2) is 7.34. The standard InChI is InChI=1S/C16H18N2O3/c1-2-5-15(19)17-9-8-16(20)18-10-11-21-14-7-4-3-6-13(14)12-18/h3-4,6-7H,8-12H2,1H3,(H,17,19). The van der Waals surface area contributed by atoms with Gasteiger partial charge < -0.3 is 15.0 Å². The van der Waals surface area contributed by atoms with Gasteiger partial charge in [-0.1, -0.05) is 24.1 Å². The molecule has 0 saturated heterocycles. The largest absolute Gasteiger partial charge is 0.491 e. The lowest BCUT2D eigenvalue weighted by atomic mass is 10.2. The van der Waals surface area contributed by atoms with Gasteiger partial charge in [0.1, 0.15) is 12.4 Å². The average Bonchev–Trinajstić information content (AvgIpc) is 2.69. The molecule has 1 aliphatic heterocycles. The van der Waals surface area contributed by atoms with Crippen LogP contribution >= 0.6 is 0 Å². The molecule has 0 bridgehead atoms. The first-order valence-electron chi connectivity index (χ1n) is 6.90. The van der Waals surface area contributed by atoms with E-state index in [0.717, 1.165) is 11.3 Å². The first kappa shape index (κ1) is 14.9. The number of carbonyl (C=O) groups is 2.